The molecule has 10 heteroatoms. The largest absolute Gasteiger partial charge is 0.465 e. The van der Waals surface area contributed by atoms with Crippen molar-refractivity contribution >= 4 is 34.6 Å². The first-order valence-electron chi connectivity index (χ1n) is 13.1. The van der Waals surface area contributed by atoms with Crippen LogP contribution in [0.5, 0.6) is 0 Å². The molecule has 3 amide bonds. The van der Waals surface area contributed by atoms with E-state index in [1.807, 2.05) is 47.4 Å². The van der Waals surface area contributed by atoms with E-state index in [1.54, 1.807) is 6.20 Å². The van der Waals surface area contributed by atoms with Crippen molar-refractivity contribution in [1.82, 2.24) is 25.9 Å². The number of nitrogens with one attached hydrogen (secondary N) is 3. The van der Waals surface area contributed by atoms with E-state index in [0.717, 1.165) is 48.0 Å². The molecule has 0 unspecified atom stereocenters. The lowest BCUT2D eigenvalue weighted by Gasteiger charge is -2.28. The fourth-order valence-corrected chi connectivity index (χ4v) is 5.27. The number of pyridine rings is 2. The maximum atomic E-state index is 13.3. The highest BCUT2D eigenvalue weighted by atomic mass is 16.4. The Hall–Kier alpha value is -4.21. The number of carbonyl (C=O) groups is 3. The van der Waals surface area contributed by atoms with E-state index in [-0.39, 0.29) is 18.4 Å². The average Bonchev–Trinajstić information content (AvgIpc) is 2.95. The van der Waals surface area contributed by atoms with E-state index in [1.165, 1.54) is 0 Å². The molecule has 4 N–H and O–H groups in total. The highest BCUT2D eigenvalue weighted by Gasteiger charge is 2.23. The van der Waals surface area contributed by atoms with Crippen LogP contribution in [-0.2, 0) is 4.79 Å². The molecule has 1 aliphatic carbocycles. The van der Waals surface area contributed by atoms with Gasteiger partial charge in [0.2, 0.25) is 5.91 Å². The number of carboxylic acid groups (broad SMARTS) is 1. The van der Waals surface area contributed by atoms with E-state index in [0.29, 0.717) is 49.3 Å². The lowest BCUT2D eigenvalue weighted by Crippen LogP contribution is -2.48. The topological polar surface area (TPSA) is 137 Å². The molecule has 0 radical (unpaired) electrons. The second-order valence-electron chi connectivity index (χ2n) is 10.0. The van der Waals surface area contributed by atoms with Gasteiger partial charge in [0.1, 0.15) is 5.82 Å². The van der Waals surface area contributed by atoms with E-state index in [2.05, 4.69) is 20.9 Å². The SMILES string of the molecule is O=C(O)NC[C@H]1CC[C@H](CNC(=O)c2cc(-c3ccc(N4CCNC(=O)C4)nc3)nc3ccccc23)CC1. The molecule has 0 atom stereocenters. The van der Waals surface area contributed by atoms with Crippen LogP contribution < -0.4 is 20.9 Å². The van der Waals surface area contributed by atoms with Gasteiger partial charge in [-0.1, -0.05) is 18.2 Å². The first-order valence-corrected chi connectivity index (χ1v) is 13.1. The average molecular weight is 517 g/mol. The van der Waals surface area contributed by atoms with Gasteiger partial charge in [0.15, 0.2) is 0 Å². The molecular weight excluding hydrogens is 484 g/mol. The van der Waals surface area contributed by atoms with E-state index >= 15 is 0 Å². The number of fused-ring (bicyclic) bond motifs is 1. The Morgan fingerprint density at radius 1 is 1.03 bits per heavy atom. The highest BCUT2D eigenvalue weighted by molar-refractivity contribution is 6.07. The normalized spacial score (nSPS) is 19.6. The zero-order chi connectivity index (χ0) is 26.5. The Morgan fingerprint density at radius 3 is 2.45 bits per heavy atom. The maximum absolute atomic E-state index is 13.3. The summed E-state index contributed by atoms with van der Waals surface area (Å²) in [6.07, 6.45) is 4.59. The Kier molecular flexibility index (Phi) is 7.67. The van der Waals surface area contributed by atoms with Gasteiger partial charge in [-0.3, -0.25) is 9.59 Å². The van der Waals surface area contributed by atoms with Crippen LogP contribution in [0, 0.1) is 11.8 Å². The Balaban J connectivity index is 1.28. The van der Waals surface area contributed by atoms with Crippen LogP contribution in [0.2, 0.25) is 0 Å². The molecule has 2 aliphatic rings. The number of hydrogen-bond acceptors (Lipinski definition) is 6. The number of hydrogen-bond donors (Lipinski definition) is 4. The van der Waals surface area contributed by atoms with E-state index in [9.17, 15) is 14.4 Å². The fraction of sp³-hybridized carbons (Fsp3) is 0.393. The van der Waals surface area contributed by atoms with Crippen LogP contribution >= 0.6 is 0 Å². The molecular formula is C28H32N6O4. The van der Waals surface area contributed by atoms with Crippen molar-refractivity contribution in [2.24, 2.45) is 11.8 Å². The van der Waals surface area contributed by atoms with Crippen molar-refractivity contribution in [3.8, 4) is 11.3 Å². The summed E-state index contributed by atoms with van der Waals surface area (Å²) in [4.78, 5) is 47.1. The zero-order valence-corrected chi connectivity index (χ0v) is 21.2. The summed E-state index contributed by atoms with van der Waals surface area (Å²) >= 11 is 0. The van der Waals surface area contributed by atoms with Crippen LogP contribution in [0.3, 0.4) is 0 Å². The molecule has 5 rings (SSSR count). The molecule has 2 fully saturated rings. The smallest absolute Gasteiger partial charge is 0.404 e. The molecule has 1 aliphatic heterocycles. The summed E-state index contributed by atoms with van der Waals surface area (Å²) in [5.41, 5.74) is 2.76. The van der Waals surface area contributed by atoms with Crippen LogP contribution in [0.1, 0.15) is 36.0 Å². The number of piperazine rings is 1. The minimum absolute atomic E-state index is 0.0165. The molecule has 1 saturated carbocycles. The Morgan fingerprint density at radius 2 is 1.76 bits per heavy atom. The van der Waals surface area contributed by atoms with Crippen molar-refractivity contribution in [3.05, 3.63) is 54.2 Å². The Labute approximate surface area is 220 Å². The van der Waals surface area contributed by atoms with Crippen LogP contribution in [0.4, 0.5) is 10.6 Å². The van der Waals surface area contributed by atoms with Crippen LogP contribution in [0.15, 0.2) is 48.7 Å². The molecule has 10 nitrogen and oxygen atoms in total. The summed E-state index contributed by atoms with van der Waals surface area (Å²) in [5.74, 6) is 1.31. The minimum Gasteiger partial charge on any atom is -0.465 e. The molecule has 1 aromatic carbocycles. The molecule has 3 heterocycles. The summed E-state index contributed by atoms with van der Waals surface area (Å²) in [7, 11) is 0. The second-order valence-corrected chi connectivity index (χ2v) is 10.0. The third-order valence-corrected chi connectivity index (χ3v) is 7.43. The van der Waals surface area contributed by atoms with Gasteiger partial charge in [-0.05, 0) is 61.8 Å². The molecule has 198 valence electrons. The first-order chi connectivity index (χ1) is 18.5. The number of anilines is 1. The number of rotatable bonds is 7. The zero-order valence-electron chi connectivity index (χ0n) is 21.2. The molecule has 38 heavy (non-hydrogen) atoms. The number of benzene rings is 1. The molecule has 3 aromatic rings. The third kappa shape index (κ3) is 6.01. The monoisotopic (exact) mass is 516 g/mol. The third-order valence-electron chi connectivity index (χ3n) is 7.43. The quantitative estimate of drug-likeness (QED) is 0.379. The predicted molar refractivity (Wildman–Crippen MR) is 144 cm³/mol. The first kappa shape index (κ1) is 25.4. The van der Waals surface area contributed by atoms with Gasteiger partial charge in [0.25, 0.3) is 5.91 Å². The van der Waals surface area contributed by atoms with Gasteiger partial charge in [0, 0.05) is 43.3 Å². The lowest BCUT2D eigenvalue weighted by atomic mass is 9.82. The van der Waals surface area contributed by atoms with Gasteiger partial charge in [-0.15, -0.1) is 0 Å². The van der Waals surface area contributed by atoms with Gasteiger partial charge in [-0.2, -0.15) is 0 Å². The number of para-hydroxylation sites is 1. The maximum Gasteiger partial charge on any atom is 0.404 e. The van der Waals surface area contributed by atoms with Crippen molar-refractivity contribution < 1.29 is 19.5 Å². The lowest BCUT2D eigenvalue weighted by molar-refractivity contribution is -0.120. The van der Waals surface area contributed by atoms with Crippen molar-refractivity contribution in [2.45, 2.75) is 25.7 Å². The molecule has 1 saturated heterocycles. The van der Waals surface area contributed by atoms with Crippen LogP contribution in [-0.4, -0.2) is 65.7 Å². The van der Waals surface area contributed by atoms with E-state index < -0.39 is 6.09 Å². The molecule has 0 spiro atoms. The Bertz CT molecular complexity index is 1320. The van der Waals surface area contributed by atoms with Gasteiger partial charge < -0.3 is 26.0 Å². The summed E-state index contributed by atoms with van der Waals surface area (Å²) in [5, 5.41) is 18.0. The summed E-state index contributed by atoms with van der Waals surface area (Å²) in [6, 6.07) is 13.2. The number of amides is 3. The van der Waals surface area contributed by atoms with Gasteiger partial charge in [0.05, 0.1) is 23.3 Å². The highest BCUT2D eigenvalue weighted by Crippen LogP contribution is 2.29. The number of aromatic nitrogens is 2. The minimum atomic E-state index is -0.980. The summed E-state index contributed by atoms with van der Waals surface area (Å²) < 4.78 is 0. The van der Waals surface area contributed by atoms with Gasteiger partial charge >= 0.3 is 6.09 Å². The van der Waals surface area contributed by atoms with Crippen molar-refractivity contribution in [3.63, 3.8) is 0 Å². The fourth-order valence-electron chi connectivity index (χ4n) is 5.27. The second kappa shape index (κ2) is 11.5. The molecule has 2 aromatic heterocycles. The number of nitrogens with zero attached hydrogens (tertiary/aromatic N) is 3. The van der Waals surface area contributed by atoms with E-state index in [4.69, 9.17) is 10.1 Å². The van der Waals surface area contributed by atoms with Crippen molar-refractivity contribution in [2.75, 3.05) is 37.6 Å². The van der Waals surface area contributed by atoms with Crippen molar-refractivity contribution in [1.29, 1.82) is 0 Å². The standard InChI is InChI=1S/C28H32N6O4/c35-26-17-34(12-11-29-26)25-10-9-20(16-30-25)24-13-22(21-3-1-2-4-23(21)33-24)27(36)31-14-18-5-7-19(8-6-18)15-32-28(37)38/h1-4,9-10,13,16,18-19,32H,5-8,11-12,14-15,17H2,(H,29,35)(H,31,36)(H,37,38)/t18-,19-. The summed E-state index contributed by atoms with van der Waals surface area (Å²) in [6.45, 7) is 2.66. The number of carbonyl (C=O) groups excluding carboxylic acids is 2. The van der Waals surface area contributed by atoms with Gasteiger partial charge in [-0.25, -0.2) is 14.8 Å². The molecule has 0 bridgehead atoms. The predicted octanol–water partition coefficient (Wildman–Crippen LogP) is 3.04. The van der Waals surface area contributed by atoms with Crippen LogP contribution in [0.25, 0.3) is 22.2 Å².